The van der Waals surface area contributed by atoms with Gasteiger partial charge in [-0.25, -0.2) is 8.42 Å². The maximum Gasteiger partial charge on any atom is 0.202 e. The summed E-state index contributed by atoms with van der Waals surface area (Å²) in [5, 5.41) is 1.06. The highest BCUT2D eigenvalue weighted by Gasteiger charge is 2.08. The molecule has 0 bridgehead atoms. The average molecular weight is 274 g/mol. The molecule has 4 heteroatoms. The Bertz CT molecular complexity index is 656. The number of sulfone groups is 1. The van der Waals surface area contributed by atoms with Gasteiger partial charge >= 0.3 is 0 Å². The molecule has 0 radical (unpaired) electrons. The summed E-state index contributed by atoms with van der Waals surface area (Å²) in [6.07, 6.45) is 1.19. The predicted octanol–water partition coefficient (Wildman–Crippen LogP) is 3.32. The van der Waals surface area contributed by atoms with Crippen molar-refractivity contribution in [1.29, 1.82) is 0 Å². The van der Waals surface area contributed by atoms with Crippen molar-refractivity contribution in [3.63, 3.8) is 0 Å². The normalized spacial score (nSPS) is 11.6. The van der Waals surface area contributed by atoms with Crippen LogP contribution in [0.1, 0.15) is 5.56 Å². The fourth-order valence-corrected chi connectivity index (χ4v) is 2.38. The second-order valence-corrected chi connectivity index (χ2v) is 5.89. The number of hydrogen-bond acceptors (Lipinski definition) is 3. The van der Waals surface area contributed by atoms with Crippen molar-refractivity contribution in [3.05, 3.63) is 71.8 Å². The largest absolute Gasteiger partial charge is 0.464 e. The van der Waals surface area contributed by atoms with Crippen LogP contribution in [0.15, 0.2) is 71.2 Å². The smallest absolute Gasteiger partial charge is 0.202 e. The van der Waals surface area contributed by atoms with E-state index in [9.17, 15) is 8.42 Å². The lowest BCUT2D eigenvalue weighted by molar-refractivity contribution is 0.481. The van der Waals surface area contributed by atoms with Crippen LogP contribution in [0, 0.1) is 6.92 Å². The second-order valence-electron chi connectivity index (χ2n) is 4.06. The van der Waals surface area contributed by atoms with E-state index in [4.69, 9.17) is 4.74 Å². The molecule has 0 atom stereocenters. The Morgan fingerprint density at radius 1 is 0.947 bits per heavy atom. The van der Waals surface area contributed by atoms with Crippen LogP contribution in [0.4, 0.5) is 0 Å². The standard InChI is InChI=1S/C15H14O3S/c1-13-7-9-14(10-8-13)18-11-12-19(16,17)15-5-3-2-4-6-15/h2-12H,1H3/b12-11+. The molecule has 2 aromatic rings. The van der Waals surface area contributed by atoms with Gasteiger partial charge in [0.25, 0.3) is 0 Å². The zero-order valence-electron chi connectivity index (χ0n) is 10.5. The maximum atomic E-state index is 11.9. The number of hydrogen-bond donors (Lipinski definition) is 0. The van der Waals surface area contributed by atoms with Crippen molar-refractivity contribution in [1.82, 2.24) is 0 Å². The van der Waals surface area contributed by atoms with Gasteiger partial charge in [0.2, 0.25) is 9.84 Å². The van der Waals surface area contributed by atoms with Gasteiger partial charge in [0.05, 0.1) is 10.3 Å². The molecular weight excluding hydrogens is 260 g/mol. The molecule has 0 aromatic heterocycles. The Hall–Kier alpha value is -2.07. The van der Waals surface area contributed by atoms with Gasteiger partial charge in [-0.1, -0.05) is 35.9 Å². The van der Waals surface area contributed by atoms with Crippen molar-refractivity contribution in [2.75, 3.05) is 0 Å². The summed E-state index contributed by atoms with van der Waals surface area (Å²) in [6.45, 7) is 1.97. The highest BCUT2D eigenvalue weighted by Crippen LogP contribution is 2.14. The lowest BCUT2D eigenvalue weighted by Gasteiger charge is -2.01. The molecule has 0 aliphatic carbocycles. The summed E-state index contributed by atoms with van der Waals surface area (Å²) < 4.78 is 29.1. The number of benzene rings is 2. The van der Waals surface area contributed by atoms with Crippen molar-refractivity contribution in [3.8, 4) is 5.75 Å². The second kappa shape index (κ2) is 5.71. The fourth-order valence-electron chi connectivity index (χ4n) is 1.49. The summed E-state index contributed by atoms with van der Waals surface area (Å²) >= 11 is 0. The Balaban J connectivity index is 2.09. The Kier molecular flexibility index (Phi) is 4.02. The van der Waals surface area contributed by atoms with E-state index in [2.05, 4.69) is 0 Å². The lowest BCUT2D eigenvalue weighted by Crippen LogP contribution is -1.96. The summed E-state index contributed by atoms with van der Waals surface area (Å²) in [7, 11) is -3.44. The van der Waals surface area contributed by atoms with E-state index in [0.29, 0.717) is 5.75 Å². The zero-order chi connectivity index (χ0) is 13.7. The van der Waals surface area contributed by atoms with E-state index in [0.717, 1.165) is 11.0 Å². The van der Waals surface area contributed by atoms with Gasteiger partial charge in [-0.05, 0) is 31.2 Å². The summed E-state index contributed by atoms with van der Waals surface area (Å²) in [6, 6.07) is 15.6. The van der Waals surface area contributed by atoms with E-state index in [1.54, 1.807) is 42.5 Å². The minimum absolute atomic E-state index is 0.249. The summed E-state index contributed by atoms with van der Waals surface area (Å²) in [5.74, 6) is 0.602. The Labute approximate surface area is 113 Å². The van der Waals surface area contributed by atoms with Gasteiger partial charge in [0.15, 0.2) is 0 Å². The molecule has 3 nitrogen and oxygen atoms in total. The van der Waals surface area contributed by atoms with E-state index in [1.807, 2.05) is 19.1 Å². The third-order valence-corrected chi connectivity index (χ3v) is 3.93. The lowest BCUT2D eigenvalue weighted by atomic mass is 10.2. The predicted molar refractivity (Wildman–Crippen MR) is 74.6 cm³/mol. The molecule has 0 heterocycles. The minimum Gasteiger partial charge on any atom is -0.464 e. The molecule has 2 rings (SSSR count). The third-order valence-electron chi connectivity index (χ3n) is 2.53. The van der Waals surface area contributed by atoms with Crippen molar-refractivity contribution < 1.29 is 13.2 Å². The number of rotatable bonds is 4. The van der Waals surface area contributed by atoms with Crippen molar-refractivity contribution >= 4 is 9.84 Å². The third kappa shape index (κ3) is 3.69. The highest BCUT2D eigenvalue weighted by molar-refractivity contribution is 7.94. The molecule has 0 saturated heterocycles. The Morgan fingerprint density at radius 2 is 1.58 bits per heavy atom. The van der Waals surface area contributed by atoms with Crippen LogP contribution in [0.3, 0.4) is 0 Å². The maximum absolute atomic E-state index is 11.9. The first-order valence-corrected chi connectivity index (χ1v) is 7.32. The molecule has 0 aliphatic rings. The van der Waals surface area contributed by atoms with E-state index in [-0.39, 0.29) is 4.90 Å². The molecule has 0 amide bonds. The van der Waals surface area contributed by atoms with Crippen molar-refractivity contribution in [2.45, 2.75) is 11.8 Å². The summed E-state index contributed by atoms with van der Waals surface area (Å²) in [4.78, 5) is 0.249. The van der Waals surface area contributed by atoms with Gasteiger partial charge in [-0.3, -0.25) is 0 Å². The molecule has 0 spiro atoms. The van der Waals surface area contributed by atoms with Gasteiger partial charge < -0.3 is 4.74 Å². The monoisotopic (exact) mass is 274 g/mol. The van der Waals surface area contributed by atoms with E-state index in [1.165, 1.54) is 6.26 Å². The fraction of sp³-hybridized carbons (Fsp3) is 0.0667. The van der Waals surface area contributed by atoms with E-state index < -0.39 is 9.84 Å². The minimum atomic E-state index is -3.44. The number of aryl methyl sites for hydroxylation is 1. The molecule has 0 N–H and O–H groups in total. The zero-order valence-corrected chi connectivity index (χ0v) is 11.3. The Morgan fingerprint density at radius 3 is 2.21 bits per heavy atom. The molecule has 2 aromatic carbocycles. The highest BCUT2D eigenvalue weighted by atomic mass is 32.2. The molecular formula is C15H14O3S. The van der Waals surface area contributed by atoms with Crippen LogP contribution in [0.25, 0.3) is 0 Å². The van der Waals surface area contributed by atoms with Crippen molar-refractivity contribution in [2.24, 2.45) is 0 Å². The molecule has 0 aliphatic heterocycles. The molecule has 19 heavy (non-hydrogen) atoms. The first-order chi connectivity index (χ1) is 9.08. The van der Waals surface area contributed by atoms with E-state index >= 15 is 0 Å². The number of ether oxygens (including phenoxy) is 1. The molecule has 98 valence electrons. The quantitative estimate of drug-likeness (QED) is 0.803. The van der Waals surface area contributed by atoms with Gasteiger partial charge in [-0.15, -0.1) is 0 Å². The van der Waals surface area contributed by atoms with Gasteiger partial charge in [0, 0.05) is 0 Å². The SMILES string of the molecule is Cc1ccc(O/C=C/S(=O)(=O)c2ccccc2)cc1. The first-order valence-electron chi connectivity index (χ1n) is 5.78. The molecule has 0 unspecified atom stereocenters. The van der Waals surface area contributed by atoms with Gasteiger partial charge in [0.1, 0.15) is 12.0 Å². The summed E-state index contributed by atoms with van der Waals surface area (Å²) in [5.41, 5.74) is 1.12. The average Bonchev–Trinajstić information content (AvgIpc) is 2.42. The van der Waals surface area contributed by atoms with Crippen LogP contribution in [0.2, 0.25) is 0 Å². The molecule has 0 fully saturated rings. The van der Waals surface area contributed by atoms with Crippen LogP contribution >= 0.6 is 0 Å². The molecule has 0 saturated carbocycles. The van der Waals surface area contributed by atoms with Crippen LogP contribution in [-0.4, -0.2) is 8.42 Å². The van der Waals surface area contributed by atoms with Crippen LogP contribution in [-0.2, 0) is 9.84 Å². The topological polar surface area (TPSA) is 43.4 Å². The van der Waals surface area contributed by atoms with Crippen LogP contribution < -0.4 is 4.74 Å². The first kappa shape index (κ1) is 13.4. The van der Waals surface area contributed by atoms with Crippen LogP contribution in [0.5, 0.6) is 5.75 Å². The van der Waals surface area contributed by atoms with Gasteiger partial charge in [-0.2, -0.15) is 0 Å².